The van der Waals surface area contributed by atoms with Gasteiger partial charge in [0.05, 0.1) is 6.42 Å². The number of amides is 1. The first kappa shape index (κ1) is 12.0. The number of hydrogen-bond donors (Lipinski definition) is 1. The molecule has 0 aromatic heterocycles. The molecule has 0 aliphatic carbocycles. The third-order valence-corrected chi connectivity index (χ3v) is 2.17. The lowest BCUT2D eigenvalue weighted by Crippen LogP contribution is -2.25. The molecule has 82 valence electrons. The number of halogens is 2. The van der Waals surface area contributed by atoms with Gasteiger partial charge < -0.3 is 5.32 Å². The molecule has 0 bridgehead atoms. The largest absolute Gasteiger partial charge is 0.356 e. The smallest absolute Gasteiger partial charge is 0.224 e. The summed E-state index contributed by atoms with van der Waals surface area (Å²) in [4.78, 5) is 11.3. The van der Waals surface area contributed by atoms with Gasteiger partial charge in [0.1, 0.15) is 5.82 Å². The second-order valence-corrected chi connectivity index (χ2v) is 3.70. The van der Waals surface area contributed by atoms with Crippen molar-refractivity contribution in [2.24, 2.45) is 0 Å². The van der Waals surface area contributed by atoms with Crippen molar-refractivity contribution in [3.63, 3.8) is 0 Å². The molecule has 0 heterocycles. The van der Waals surface area contributed by atoms with E-state index in [-0.39, 0.29) is 12.3 Å². The first-order chi connectivity index (χ1) is 7.13. The third kappa shape index (κ3) is 3.88. The Kier molecular flexibility index (Phi) is 4.56. The molecule has 15 heavy (non-hydrogen) atoms. The summed E-state index contributed by atoms with van der Waals surface area (Å²) >= 11 is 5.60. The Hall–Kier alpha value is -1.09. The Morgan fingerprint density at radius 1 is 1.53 bits per heavy atom. The van der Waals surface area contributed by atoms with Gasteiger partial charge in [-0.3, -0.25) is 4.79 Å². The molecule has 0 spiro atoms. The van der Waals surface area contributed by atoms with Crippen LogP contribution in [0.15, 0.2) is 18.2 Å². The SMILES string of the molecule is CCCNC(=O)Cc1ccc(Cl)cc1F. The summed E-state index contributed by atoms with van der Waals surface area (Å²) < 4.78 is 13.3. The first-order valence-electron chi connectivity index (χ1n) is 4.84. The highest BCUT2D eigenvalue weighted by atomic mass is 35.5. The Labute approximate surface area is 93.4 Å². The van der Waals surface area contributed by atoms with Gasteiger partial charge in [0.25, 0.3) is 0 Å². The van der Waals surface area contributed by atoms with Gasteiger partial charge in [-0.1, -0.05) is 24.6 Å². The maximum atomic E-state index is 13.3. The molecular formula is C11H13ClFNO. The van der Waals surface area contributed by atoms with Crippen molar-refractivity contribution in [2.75, 3.05) is 6.54 Å². The van der Waals surface area contributed by atoms with Crippen LogP contribution >= 0.6 is 11.6 Å². The Morgan fingerprint density at radius 2 is 2.27 bits per heavy atom. The zero-order chi connectivity index (χ0) is 11.3. The van der Waals surface area contributed by atoms with E-state index in [0.29, 0.717) is 17.1 Å². The van der Waals surface area contributed by atoms with Crippen LogP contribution in [-0.4, -0.2) is 12.5 Å². The van der Waals surface area contributed by atoms with Crippen LogP contribution in [0.3, 0.4) is 0 Å². The summed E-state index contributed by atoms with van der Waals surface area (Å²) in [5.41, 5.74) is 0.369. The summed E-state index contributed by atoms with van der Waals surface area (Å²) in [5.74, 6) is -0.604. The quantitative estimate of drug-likeness (QED) is 0.845. The monoisotopic (exact) mass is 229 g/mol. The number of hydrogen-bond acceptors (Lipinski definition) is 1. The lowest BCUT2D eigenvalue weighted by Gasteiger charge is -2.04. The van der Waals surface area contributed by atoms with Crippen LogP contribution in [0.2, 0.25) is 5.02 Å². The summed E-state index contributed by atoms with van der Waals surface area (Å²) in [6.07, 6.45) is 0.928. The first-order valence-corrected chi connectivity index (χ1v) is 5.22. The lowest BCUT2D eigenvalue weighted by atomic mass is 10.1. The van der Waals surface area contributed by atoms with E-state index in [1.807, 2.05) is 6.92 Å². The minimum atomic E-state index is -0.436. The van der Waals surface area contributed by atoms with Gasteiger partial charge >= 0.3 is 0 Å². The van der Waals surface area contributed by atoms with Gasteiger partial charge in [-0.15, -0.1) is 0 Å². The molecular weight excluding hydrogens is 217 g/mol. The van der Waals surface area contributed by atoms with E-state index in [2.05, 4.69) is 5.32 Å². The fourth-order valence-corrected chi connectivity index (χ4v) is 1.32. The zero-order valence-electron chi connectivity index (χ0n) is 8.52. The highest BCUT2D eigenvalue weighted by Crippen LogP contribution is 2.14. The Morgan fingerprint density at radius 3 is 2.87 bits per heavy atom. The third-order valence-electron chi connectivity index (χ3n) is 1.94. The predicted octanol–water partition coefficient (Wildman–Crippen LogP) is 2.55. The number of benzene rings is 1. The summed E-state index contributed by atoms with van der Waals surface area (Å²) in [6, 6.07) is 4.32. The molecule has 1 aromatic carbocycles. The molecule has 2 nitrogen and oxygen atoms in total. The van der Waals surface area contributed by atoms with Gasteiger partial charge in [-0.2, -0.15) is 0 Å². The molecule has 1 N–H and O–H groups in total. The maximum Gasteiger partial charge on any atom is 0.224 e. The van der Waals surface area contributed by atoms with E-state index in [1.165, 1.54) is 12.1 Å². The highest BCUT2D eigenvalue weighted by Gasteiger charge is 2.07. The van der Waals surface area contributed by atoms with Crippen molar-refractivity contribution < 1.29 is 9.18 Å². The van der Waals surface area contributed by atoms with Crippen molar-refractivity contribution >= 4 is 17.5 Å². The van der Waals surface area contributed by atoms with E-state index in [9.17, 15) is 9.18 Å². The lowest BCUT2D eigenvalue weighted by molar-refractivity contribution is -0.120. The minimum Gasteiger partial charge on any atom is -0.356 e. The van der Waals surface area contributed by atoms with Crippen LogP contribution in [0.25, 0.3) is 0 Å². The molecule has 1 aromatic rings. The van der Waals surface area contributed by atoms with Gasteiger partial charge in [-0.05, 0) is 24.1 Å². The molecule has 0 radical (unpaired) electrons. The van der Waals surface area contributed by atoms with Crippen molar-refractivity contribution in [3.8, 4) is 0 Å². The Bertz CT molecular complexity index is 354. The zero-order valence-corrected chi connectivity index (χ0v) is 9.27. The second kappa shape index (κ2) is 5.71. The number of carbonyl (C=O) groups is 1. The van der Waals surface area contributed by atoms with Gasteiger partial charge in [0.15, 0.2) is 0 Å². The van der Waals surface area contributed by atoms with E-state index in [0.717, 1.165) is 6.42 Å². The van der Waals surface area contributed by atoms with Gasteiger partial charge in [-0.25, -0.2) is 4.39 Å². The molecule has 0 fully saturated rings. The van der Waals surface area contributed by atoms with E-state index >= 15 is 0 Å². The average molecular weight is 230 g/mol. The summed E-state index contributed by atoms with van der Waals surface area (Å²) in [6.45, 7) is 2.58. The average Bonchev–Trinajstić information content (AvgIpc) is 2.19. The van der Waals surface area contributed by atoms with Crippen molar-refractivity contribution in [3.05, 3.63) is 34.6 Å². The van der Waals surface area contributed by atoms with Crippen LogP contribution in [0.5, 0.6) is 0 Å². The van der Waals surface area contributed by atoms with Gasteiger partial charge in [0, 0.05) is 11.6 Å². The molecule has 1 amide bonds. The molecule has 0 atom stereocenters. The van der Waals surface area contributed by atoms with E-state index in [4.69, 9.17) is 11.6 Å². The van der Waals surface area contributed by atoms with Crippen molar-refractivity contribution in [1.82, 2.24) is 5.32 Å². The van der Waals surface area contributed by atoms with Crippen LogP contribution in [0.4, 0.5) is 4.39 Å². The summed E-state index contributed by atoms with van der Waals surface area (Å²) in [5, 5.41) is 3.02. The standard InChI is InChI=1S/C11H13ClFNO/c1-2-5-14-11(15)6-8-3-4-9(12)7-10(8)13/h3-4,7H,2,5-6H2,1H3,(H,14,15). The normalized spacial score (nSPS) is 10.1. The van der Waals surface area contributed by atoms with E-state index in [1.54, 1.807) is 6.07 Å². The van der Waals surface area contributed by atoms with Crippen molar-refractivity contribution in [1.29, 1.82) is 0 Å². The van der Waals surface area contributed by atoms with E-state index < -0.39 is 5.82 Å². The fraction of sp³-hybridized carbons (Fsp3) is 0.364. The van der Waals surface area contributed by atoms with Gasteiger partial charge in [0.2, 0.25) is 5.91 Å². The highest BCUT2D eigenvalue weighted by molar-refractivity contribution is 6.30. The number of rotatable bonds is 4. The van der Waals surface area contributed by atoms with Crippen LogP contribution in [0, 0.1) is 5.82 Å². The predicted molar refractivity (Wildman–Crippen MR) is 58.4 cm³/mol. The molecule has 0 aliphatic rings. The van der Waals surface area contributed by atoms with Crippen molar-refractivity contribution in [2.45, 2.75) is 19.8 Å². The molecule has 0 unspecified atom stereocenters. The maximum absolute atomic E-state index is 13.3. The number of nitrogens with one attached hydrogen (secondary N) is 1. The Balaban J connectivity index is 2.60. The number of carbonyl (C=O) groups excluding carboxylic acids is 1. The molecule has 0 saturated carbocycles. The van der Waals surface area contributed by atoms with Crippen LogP contribution in [0.1, 0.15) is 18.9 Å². The molecule has 0 aliphatic heterocycles. The summed E-state index contributed by atoms with van der Waals surface area (Å²) in [7, 11) is 0. The molecule has 0 saturated heterocycles. The second-order valence-electron chi connectivity index (χ2n) is 3.26. The van der Waals surface area contributed by atoms with Crippen LogP contribution < -0.4 is 5.32 Å². The minimum absolute atomic E-state index is 0.0585. The molecule has 4 heteroatoms. The fourth-order valence-electron chi connectivity index (χ4n) is 1.16. The van der Waals surface area contributed by atoms with Crippen LogP contribution in [-0.2, 0) is 11.2 Å². The topological polar surface area (TPSA) is 29.1 Å². The molecule has 1 rings (SSSR count).